The maximum absolute atomic E-state index is 9.00. The van der Waals surface area contributed by atoms with Crippen molar-refractivity contribution in [3.63, 3.8) is 0 Å². The molecule has 1 N–H and O–H groups in total. The van der Waals surface area contributed by atoms with Gasteiger partial charge in [-0.3, -0.25) is 4.79 Å². The van der Waals surface area contributed by atoms with Gasteiger partial charge < -0.3 is 34.8 Å². The van der Waals surface area contributed by atoms with Gasteiger partial charge >= 0.3 is 88.7 Å². The number of carboxylic acids is 4. The zero-order valence-corrected chi connectivity index (χ0v) is 18.3. The molecule has 0 aliphatic heterocycles. The predicted octanol–water partition coefficient (Wildman–Crippen LogP) is -12.6. The number of carboxylic acid groups (broad SMARTS) is 4. The van der Waals surface area contributed by atoms with Crippen molar-refractivity contribution in [2.75, 3.05) is 0 Å². The van der Waals surface area contributed by atoms with Crippen molar-refractivity contribution in [1.82, 2.24) is 0 Å². The minimum Gasteiger partial charge on any atom is -0.550 e. The molecule has 0 aromatic carbocycles. The molecular weight excluding hydrogens is 293 g/mol. The van der Waals surface area contributed by atoms with E-state index in [-0.39, 0.29) is 88.7 Å². The third-order valence-electron chi connectivity index (χ3n) is 0. The Kier molecular flexibility index (Phi) is 81.8. The van der Waals surface area contributed by atoms with Crippen LogP contribution in [0.1, 0.15) is 27.7 Å². The number of rotatable bonds is 0. The predicted molar refractivity (Wildman–Crippen MR) is 45.4 cm³/mol. The molecule has 19 heavy (non-hydrogen) atoms. The van der Waals surface area contributed by atoms with Gasteiger partial charge in [-0.15, -0.1) is 0 Å². The van der Waals surface area contributed by atoms with Crippen LogP contribution < -0.4 is 104 Å². The molecule has 0 aromatic rings. The fourth-order valence-corrected chi connectivity index (χ4v) is 0. The van der Waals surface area contributed by atoms with Gasteiger partial charge in [-0.05, 0) is 20.8 Å². The first-order valence-corrected chi connectivity index (χ1v) is 3.65. The van der Waals surface area contributed by atoms with Crippen LogP contribution in [-0.2, 0) is 19.2 Å². The molecule has 0 fully saturated rings. The van der Waals surface area contributed by atoms with E-state index in [9.17, 15) is 0 Å². The molecule has 0 saturated carbocycles. The Balaban J connectivity index is -0.0000000192. The molecule has 0 atom stereocenters. The fourth-order valence-electron chi connectivity index (χ4n) is 0. The van der Waals surface area contributed by atoms with E-state index in [0.717, 1.165) is 27.7 Å². The van der Waals surface area contributed by atoms with Gasteiger partial charge in [0, 0.05) is 24.8 Å². The summed E-state index contributed by atoms with van der Waals surface area (Å²) in [5.41, 5.74) is 0. The molecule has 8 nitrogen and oxygen atoms in total. The molecule has 0 bridgehead atoms. The Bertz CT molecular complexity index is 168. The second-order valence-corrected chi connectivity index (χ2v) is 1.99. The largest absolute Gasteiger partial charge is 1.00 e. The Morgan fingerprint density at radius 1 is 0.632 bits per heavy atom. The normalized spacial score (nSPS) is 5.26. The van der Waals surface area contributed by atoms with Crippen LogP contribution in [0.15, 0.2) is 0 Å². The first-order valence-electron chi connectivity index (χ1n) is 3.65. The van der Waals surface area contributed by atoms with Gasteiger partial charge in [-0.1, -0.05) is 0 Å². The molecule has 96 valence electrons. The van der Waals surface area contributed by atoms with Crippen LogP contribution in [0.4, 0.5) is 0 Å². The van der Waals surface area contributed by atoms with Gasteiger partial charge in [0.25, 0.3) is 5.97 Å². The SMILES string of the molecule is CC(=O)O.CC(=O)[O-].CC(=O)[O-].CC(=O)[O-].[Na+].[Na+].[Na+]. The molecule has 0 spiro atoms. The number of carbonyl (C=O) groups excluding carboxylic acids is 3. The summed E-state index contributed by atoms with van der Waals surface area (Å²) >= 11 is 0. The summed E-state index contributed by atoms with van der Waals surface area (Å²) in [6, 6.07) is 0. The summed E-state index contributed by atoms with van der Waals surface area (Å²) in [6.07, 6.45) is 0. The van der Waals surface area contributed by atoms with Crippen LogP contribution in [0, 0.1) is 0 Å². The third kappa shape index (κ3) is 6950. The Labute approximate surface area is 177 Å². The van der Waals surface area contributed by atoms with Gasteiger partial charge in [0.1, 0.15) is 0 Å². The molecule has 0 rings (SSSR count). The van der Waals surface area contributed by atoms with Crippen LogP contribution in [0.5, 0.6) is 0 Å². The van der Waals surface area contributed by atoms with E-state index in [4.69, 9.17) is 39.6 Å². The summed E-state index contributed by atoms with van der Waals surface area (Å²) in [6.45, 7) is 4.00. The monoisotopic (exact) mass is 306 g/mol. The van der Waals surface area contributed by atoms with Crippen molar-refractivity contribution >= 4 is 23.9 Å². The van der Waals surface area contributed by atoms with Crippen molar-refractivity contribution in [3.05, 3.63) is 0 Å². The minimum atomic E-state index is -1.08. The van der Waals surface area contributed by atoms with Crippen LogP contribution in [0.25, 0.3) is 0 Å². The van der Waals surface area contributed by atoms with Crippen LogP contribution in [0.3, 0.4) is 0 Å². The first-order chi connectivity index (χ1) is 6.93. The maximum atomic E-state index is 9.00. The first kappa shape index (κ1) is 42.7. The summed E-state index contributed by atoms with van der Waals surface area (Å²) in [4.78, 5) is 35.7. The molecule has 0 aliphatic carbocycles. The van der Waals surface area contributed by atoms with E-state index in [2.05, 4.69) is 0 Å². The van der Waals surface area contributed by atoms with Crippen molar-refractivity contribution < 1.29 is 128 Å². The molecule has 0 unspecified atom stereocenters. The number of aliphatic carboxylic acids is 4. The summed E-state index contributed by atoms with van der Waals surface area (Å²) < 4.78 is 0. The van der Waals surface area contributed by atoms with Crippen molar-refractivity contribution in [1.29, 1.82) is 0 Å². The number of carbonyl (C=O) groups is 4. The quantitative estimate of drug-likeness (QED) is 0.432. The molecule has 0 amide bonds. The minimum absolute atomic E-state index is 0. The van der Waals surface area contributed by atoms with Crippen LogP contribution in [-0.4, -0.2) is 29.0 Å². The van der Waals surface area contributed by atoms with Gasteiger partial charge in [-0.25, -0.2) is 0 Å². The Morgan fingerprint density at radius 2 is 0.632 bits per heavy atom. The van der Waals surface area contributed by atoms with Gasteiger partial charge in [0.05, 0.1) is 0 Å². The van der Waals surface area contributed by atoms with Crippen molar-refractivity contribution in [2.45, 2.75) is 27.7 Å². The Hall–Kier alpha value is 0.880. The van der Waals surface area contributed by atoms with E-state index < -0.39 is 23.9 Å². The second-order valence-electron chi connectivity index (χ2n) is 1.99. The van der Waals surface area contributed by atoms with E-state index in [1.54, 1.807) is 0 Å². The van der Waals surface area contributed by atoms with Gasteiger partial charge in [-0.2, -0.15) is 0 Å². The standard InChI is InChI=1S/4C2H4O2.3Na/c4*1-2(3)4;;;/h4*1H3,(H,3,4);;;/q;;;;3*+1/p-3. The zero-order chi connectivity index (χ0) is 14.3. The van der Waals surface area contributed by atoms with Gasteiger partial charge in [0.2, 0.25) is 0 Å². The third-order valence-corrected chi connectivity index (χ3v) is 0. The summed E-state index contributed by atoms with van der Waals surface area (Å²) in [5, 5.41) is 34.1. The molecule has 0 saturated heterocycles. The van der Waals surface area contributed by atoms with E-state index in [1.165, 1.54) is 0 Å². The second kappa shape index (κ2) is 36.4. The maximum Gasteiger partial charge on any atom is 1.00 e. The molecule has 0 aliphatic rings. The summed E-state index contributed by atoms with van der Waals surface area (Å²) in [5.74, 6) is -4.08. The van der Waals surface area contributed by atoms with E-state index in [0.29, 0.717) is 0 Å². The smallest absolute Gasteiger partial charge is 0.550 e. The fraction of sp³-hybridized carbons (Fsp3) is 0.500. The average molecular weight is 306 g/mol. The molecule has 0 radical (unpaired) electrons. The molecule has 0 aromatic heterocycles. The van der Waals surface area contributed by atoms with Gasteiger partial charge in [0.15, 0.2) is 0 Å². The van der Waals surface area contributed by atoms with E-state index >= 15 is 0 Å². The van der Waals surface area contributed by atoms with Crippen LogP contribution >= 0.6 is 0 Å². The average Bonchev–Trinajstić information content (AvgIpc) is 1.76. The number of hydrogen-bond acceptors (Lipinski definition) is 7. The van der Waals surface area contributed by atoms with Crippen molar-refractivity contribution in [2.24, 2.45) is 0 Å². The zero-order valence-electron chi connectivity index (χ0n) is 12.3. The van der Waals surface area contributed by atoms with E-state index in [1.807, 2.05) is 0 Å². The van der Waals surface area contributed by atoms with Crippen molar-refractivity contribution in [3.8, 4) is 0 Å². The Morgan fingerprint density at radius 3 is 0.632 bits per heavy atom. The topological polar surface area (TPSA) is 158 Å². The molecular formula is C8H13Na3O8. The molecule has 0 heterocycles. The molecule has 11 heteroatoms. The van der Waals surface area contributed by atoms with Crippen LogP contribution in [0.2, 0.25) is 0 Å². The number of hydrogen-bond donors (Lipinski definition) is 1. The summed E-state index contributed by atoms with van der Waals surface area (Å²) in [7, 11) is 0.